The van der Waals surface area contributed by atoms with E-state index in [4.69, 9.17) is 11.6 Å². The molecule has 2 aliphatic heterocycles. The summed E-state index contributed by atoms with van der Waals surface area (Å²) in [6.07, 6.45) is 13.4. The van der Waals surface area contributed by atoms with Gasteiger partial charge in [0, 0.05) is 65.7 Å². The first kappa shape index (κ1) is 29.6. The Morgan fingerprint density at radius 2 is 1.56 bits per heavy atom. The summed E-state index contributed by atoms with van der Waals surface area (Å²) < 4.78 is 2.36. The fourth-order valence-electron chi connectivity index (χ4n) is 6.79. The Kier molecular flexibility index (Phi) is 8.75. The minimum absolute atomic E-state index is 0.131. The molecule has 0 atom stereocenters. The molecule has 0 saturated heterocycles. The van der Waals surface area contributed by atoms with Crippen LogP contribution in [0, 0.1) is 0 Å². The Morgan fingerprint density at radius 3 is 2.32 bits per heavy atom. The number of fused-ring (bicyclic) bond motifs is 2. The van der Waals surface area contributed by atoms with Gasteiger partial charge in [-0.1, -0.05) is 74.0 Å². The average molecular weight is 572 g/mol. The topological polar surface area (TPSA) is 46.7 Å². The Hall–Kier alpha value is -2.92. The van der Waals surface area contributed by atoms with Gasteiger partial charge in [-0.2, -0.15) is 4.58 Å². The van der Waals surface area contributed by atoms with Crippen LogP contribution in [0.2, 0.25) is 0 Å². The van der Waals surface area contributed by atoms with Crippen LogP contribution in [0.3, 0.4) is 0 Å². The fourth-order valence-corrected chi connectivity index (χ4v) is 7.10. The Labute approximate surface area is 250 Å². The zero-order chi connectivity index (χ0) is 29.2. The van der Waals surface area contributed by atoms with E-state index in [1.165, 1.54) is 45.1 Å². The molecule has 216 valence electrons. The Balaban J connectivity index is 1.48. The van der Waals surface area contributed by atoms with Crippen molar-refractivity contribution in [3.05, 3.63) is 106 Å². The summed E-state index contributed by atoms with van der Waals surface area (Å²) in [5, 5.41) is 20.0. The summed E-state index contributed by atoms with van der Waals surface area (Å²) in [4.78, 5) is 2.36. The van der Waals surface area contributed by atoms with E-state index in [1.807, 2.05) is 0 Å². The molecular weight excluding hydrogens is 528 g/mol. The van der Waals surface area contributed by atoms with Crippen LogP contribution < -0.4 is 4.90 Å². The first-order chi connectivity index (χ1) is 19.7. The number of benzene rings is 2. The SMILES string of the molecule is CC1(C)C(/C=C/C2=C(Cl)C(=C/C=C3/N(CCCO)c4ccccc4C3(C)C)/CCC2)=[N+](CCCO)c2ccccc21. The van der Waals surface area contributed by atoms with E-state index in [9.17, 15) is 10.2 Å². The highest BCUT2D eigenvalue weighted by Gasteiger charge is 2.44. The molecule has 0 saturated carbocycles. The molecule has 0 radical (unpaired) electrons. The highest BCUT2D eigenvalue weighted by Crippen LogP contribution is 2.48. The quantitative estimate of drug-likeness (QED) is 0.304. The number of hydrogen-bond acceptors (Lipinski definition) is 3. The number of hydrogen-bond donors (Lipinski definition) is 2. The van der Waals surface area contributed by atoms with E-state index >= 15 is 0 Å². The first-order valence-electron chi connectivity index (χ1n) is 15.0. The van der Waals surface area contributed by atoms with Gasteiger partial charge in [0.15, 0.2) is 12.3 Å². The highest BCUT2D eigenvalue weighted by molar-refractivity contribution is 6.32. The van der Waals surface area contributed by atoms with Gasteiger partial charge < -0.3 is 15.1 Å². The van der Waals surface area contributed by atoms with Gasteiger partial charge in [0.05, 0.1) is 5.41 Å². The number of aliphatic hydroxyl groups is 2. The predicted molar refractivity (Wildman–Crippen MR) is 172 cm³/mol. The molecule has 5 rings (SSSR count). The number of nitrogens with zero attached hydrogens (tertiary/aromatic N) is 2. The van der Waals surface area contributed by atoms with Crippen molar-refractivity contribution >= 4 is 28.7 Å². The van der Waals surface area contributed by atoms with Crippen molar-refractivity contribution in [2.75, 3.05) is 31.2 Å². The Morgan fingerprint density at radius 1 is 0.854 bits per heavy atom. The standard InChI is InChI=1S/C36H44ClN2O2/c1-35(2)28-14-5-7-16-30(28)38(22-10-24-40)32(35)20-18-26-12-9-13-27(34(26)37)19-21-33-36(3,4)29-15-6-8-17-31(29)39(33)23-11-25-41/h5-8,14-21,40-41H,9-13,22-25H2,1-4H3/q+1. The van der Waals surface area contributed by atoms with Crippen molar-refractivity contribution in [1.82, 2.24) is 0 Å². The first-order valence-corrected chi connectivity index (χ1v) is 15.4. The minimum atomic E-state index is -0.131. The second-order valence-corrected chi connectivity index (χ2v) is 12.8. The number of halogens is 1. The summed E-state index contributed by atoms with van der Waals surface area (Å²) in [5.41, 5.74) is 9.67. The number of para-hydroxylation sites is 2. The van der Waals surface area contributed by atoms with Gasteiger partial charge in [-0.3, -0.25) is 0 Å². The van der Waals surface area contributed by atoms with Gasteiger partial charge in [0.2, 0.25) is 5.69 Å². The van der Waals surface area contributed by atoms with Crippen LogP contribution in [0.15, 0.2) is 94.7 Å². The molecular formula is C36H44ClN2O2+. The molecule has 5 heteroatoms. The molecule has 0 fully saturated rings. The van der Waals surface area contributed by atoms with Crippen molar-refractivity contribution in [3.8, 4) is 0 Å². The molecule has 0 spiro atoms. The molecule has 0 amide bonds. The van der Waals surface area contributed by atoms with Gasteiger partial charge in [-0.15, -0.1) is 0 Å². The summed E-state index contributed by atoms with van der Waals surface area (Å²) in [5.74, 6) is 0. The van der Waals surface area contributed by atoms with E-state index in [0.717, 1.165) is 50.2 Å². The van der Waals surface area contributed by atoms with Crippen LogP contribution in [-0.2, 0) is 10.8 Å². The van der Waals surface area contributed by atoms with E-state index in [2.05, 4.69) is 110 Å². The van der Waals surface area contributed by atoms with Crippen LogP contribution in [-0.4, -0.2) is 46.8 Å². The van der Waals surface area contributed by atoms with Gasteiger partial charge in [-0.05, 0) is 68.4 Å². The molecule has 0 bridgehead atoms. The molecule has 2 N–H and O–H groups in total. The van der Waals surface area contributed by atoms with Crippen LogP contribution in [0.5, 0.6) is 0 Å². The average Bonchev–Trinajstić information content (AvgIpc) is 3.32. The van der Waals surface area contributed by atoms with Crippen molar-refractivity contribution in [2.24, 2.45) is 0 Å². The molecule has 2 aromatic rings. The maximum atomic E-state index is 9.56. The lowest BCUT2D eigenvalue weighted by Crippen LogP contribution is -2.28. The molecule has 41 heavy (non-hydrogen) atoms. The molecule has 3 aliphatic rings. The van der Waals surface area contributed by atoms with Gasteiger partial charge in [-0.25, -0.2) is 0 Å². The predicted octanol–water partition coefficient (Wildman–Crippen LogP) is 7.67. The summed E-state index contributed by atoms with van der Waals surface area (Å²) in [6, 6.07) is 17.2. The smallest absolute Gasteiger partial charge is 0.209 e. The number of aliphatic hydroxyl groups excluding tert-OH is 2. The van der Waals surface area contributed by atoms with Crippen molar-refractivity contribution < 1.29 is 14.8 Å². The van der Waals surface area contributed by atoms with Crippen LogP contribution in [0.25, 0.3) is 0 Å². The summed E-state index contributed by atoms with van der Waals surface area (Å²) in [7, 11) is 0. The summed E-state index contributed by atoms with van der Waals surface area (Å²) >= 11 is 7.11. The third kappa shape index (κ3) is 5.50. The van der Waals surface area contributed by atoms with E-state index in [-0.39, 0.29) is 24.0 Å². The normalized spacial score (nSPS) is 21.5. The molecule has 0 unspecified atom stereocenters. The van der Waals surface area contributed by atoms with Crippen LogP contribution in [0.4, 0.5) is 11.4 Å². The largest absolute Gasteiger partial charge is 0.396 e. The third-order valence-electron chi connectivity index (χ3n) is 9.02. The Bertz CT molecular complexity index is 1460. The highest BCUT2D eigenvalue weighted by atomic mass is 35.5. The second-order valence-electron chi connectivity index (χ2n) is 12.4. The molecule has 2 aromatic carbocycles. The number of rotatable bonds is 9. The van der Waals surface area contributed by atoms with E-state index in [1.54, 1.807) is 0 Å². The lowest BCUT2D eigenvalue weighted by Gasteiger charge is -2.27. The van der Waals surface area contributed by atoms with Crippen molar-refractivity contribution in [2.45, 2.75) is 70.6 Å². The zero-order valence-electron chi connectivity index (χ0n) is 25.0. The lowest BCUT2D eigenvalue weighted by molar-refractivity contribution is -0.438. The van der Waals surface area contributed by atoms with Gasteiger partial charge in [0.25, 0.3) is 0 Å². The van der Waals surface area contributed by atoms with Crippen molar-refractivity contribution in [1.29, 1.82) is 0 Å². The number of anilines is 1. The zero-order valence-corrected chi connectivity index (χ0v) is 25.7. The second kappa shape index (κ2) is 12.1. The monoisotopic (exact) mass is 571 g/mol. The maximum Gasteiger partial charge on any atom is 0.209 e. The van der Waals surface area contributed by atoms with Crippen LogP contribution in [0.1, 0.15) is 70.9 Å². The maximum absolute atomic E-state index is 9.56. The van der Waals surface area contributed by atoms with Crippen LogP contribution >= 0.6 is 11.6 Å². The minimum Gasteiger partial charge on any atom is -0.396 e. The number of allylic oxidation sites excluding steroid dienone is 8. The van der Waals surface area contributed by atoms with Crippen molar-refractivity contribution in [3.63, 3.8) is 0 Å². The fraction of sp³-hybridized carbons (Fsp3) is 0.417. The summed E-state index contributed by atoms with van der Waals surface area (Å²) in [6.45, 7) is 11.0. The molecule has 4 nitrogen and oxygen atoms in total. The molecule has 1 aliphatic carbocycles. The molecule has 0 aromatic heterocycles. The van der Waals surface area contributed by atoms with E-state index < -0.39 is 0 Å². The third-order valence-corrected chi connectivity index (χ3v) is 9.50. The van der Waals surface area contributed by atoms with Gasteiger partial charge in [0.1, 0.15) is 0 Å². The van der Waals surface area contributed by atoms with Gasteiger partial charge >= 0.3 is 0 Å². The lowest BCUT2D eigenvalue weighted by atomic mass is 9.81. The molecule has 2 heterocycles. The van der Waals surface area contributed by atoms with E-state index in [0.29, 0.717) is 0 Å².